The lowest BCUT2D eigenvalue weighted by atomic mass is 10.1. The highest BCUT2D eigenvalue weighted by Gasteiger charge is 2.10. The van der Waals surface area contributed by atoms with Gasteiger partial charge in [0.2, 0.25) is 0 Å². The second-order valence-corrected chi connectivity index (χ2v) is 6.44. The predicted molar refractivity (Wildman–Crippen MR) is 107 cm³/mol. The Morgan fingerprint density at radius 3 is 2.37 bits per heavy atom. The number of nitriles is 1. The zero-order valence-corrected chi connectivity index (χ0v) is 15.5. The number of amides is 1. The first-order chi connectivity index (χ1) is 13.0. The van der Waals surface area contributed by atoms with E-state index in [1.165, 1.54) is 11.8 Å². The Labute approximate surface area is 158 Å². The van der Waals surface area contributed by atoms with E-state index in [9.17, 15) is 4.79 Å². The Balaban J connectivity index is 1.76. The number of hydrogen-bond donors (Lipinski definition) is 2. The van der Waals surface area contributed by atoms with Gasteiger partial charge < -0.3 is 10.6 Å². The van der Waals surface area contributed by atoms with Crippen molar-refractivity contribution < 1.29 is 4.79 Å². The molecule has 0 saturated heterocycles. The van der Waals surface area contributed by atoms with Crippen LogP contribution in [0.1, 0.15) is 32.6 Å². The number of hydrogen-bond acceptors (Lipinski definition) is 4. The summed E-state index contributed by atoms with van der Waals surface area (Å²) in [6.07, 6.45) is 1.52. The maximum atomic E-state index is 12.4. The Morgan fingerprint density at radius 2 is 1.74 bits per heavy atom. The molecule has 5 heteroatoms. The number of para-hydroxylation sites is 1. The largest absolute Gasteiger partial charge is 0.340 e. The fourth-order valence-electron chi connectivity index (χ4n) is 2.99. The molecule has 3 rings (SSSR count). The number of rotatable bonds is 4. The van der Waals surface area contributed by atoms with Gasteiger partial charge in [0.1, 0.15) is 11.9 Å². The van der Waals surface area contributed by atoms with Gasteiger partial charge >= 0.3 is 0 Å². The Morgan fingerprint density at radius 1 is 1.04 bits per heavy atom. The molecule has 2 aromatic carbocycles. The van der Waals surface area contributed by atoms with Crippen LogP contribution in [0.5, 0.6) is 0 Å². The molecule has 1 heterocycles. The van der Waals surface area contributed by atoms with E-state index in [4.69, 9.17) is 5.26 Å². The number of nitrogens with zero attached hydrogens (tertiary/aromatic N) is 2. The molecule has 0 bridgehead atoms. The molecule has 3 aromatic rings. The van der Waals surface area contributed by atoms with E-state index < -0.39 is 0 Å². The van der Waals surface area contributed by atoms with Crippen molar-refractivity contribution in [1.82, 2.24) is 4.98 Å². The average molecular weight is 356 g/mol. The molecule has 0 aliphatic carbocycles. The minimum absolute atomic E-state index is 0.306. The number of nitrogens with one attached hydrogen (secondary N) is 2. The lowest BCUT2D eigenvalue weighted by molar-refractivity contribution is 0.102. The van der Waals surface area contributed by atoms with E-state index in [2.05, 4.69) is 54.6 Å². The highest BCUT2D eigenvalue weighted by Crippen LogP contribution is 2.25. The van der Waals surface area contributed by atoms with Gasteiger partial charge in [0.15, 0.2) is 0 Å². The minimum atomic E-state index is -0.306. The lowest BCUT2D eigenvalue weighted by Crippen LogP contribution is -2.13. The van der Waals surface area contributed by atoms with E-state index in [-0.39, 0.29) is 5.91 Å². The zero-order chi connectivity index (χ0) is 19.4. The minimum Gasteiger partial charge on any atom is -0.340 e. The number of aromatic nitrogens is 1. The number of anilines is 3. The summed E-state index contributed by atoms with van der Waals surface area (Å²) in [5.74, 6) is 0.360. The molecule has 0 unspecified atom stereocenters. The molecule has 0 fully saturated rings. The van der Waals surface area contributed by atoms with Crippen molar-refractivity contribution in [2.24, 2.45) is 0 Å². The zero-order valence-electron chi connectivity index (χ0n) is 15.5. The van der Waals surface area contributed by atoms with Crippen molar-refractivity contribution in [3.63, 3.8) is 0 Å². The SMILES string of the molecule is Cc1cc(C)c(Nc2ccc(C(=O)Nc3ccccc3C#N)cn2)c(C)c1. The van der Waals surface area contributed by atoms with Crippen LogP contribution < -0.4 is 10.6 Å². The smallest absolute Gasteiger partial charge is 0.257 e. The topological polar surface area (TPSA) is 77.8 Å². The van der Waals surface area contributed by atoms with Gasteiger partial charge in [-0.1, -0.05) is 29.8 Å². The van der Waals surface area contributed by atoms with Crippen molar-refractivity contribution in [3.05, 3.63) is 82.5 Å². The van der Waals surface area contributed by atoms with Gasteiger partial charge in [-0.3, -0.25) is 4.79 Å². The molecule has 1 aromatic heterocycles. The number of benzene rings is 2. The van der Waals surface area contributed by atoms with Gasteiger partial charge in [0, 0.05) is 11.9 Å². The first-order valence-corrected chi connectivity index (χ1v) is 8.59. The average Bonchev–Trinajstić information content (AvgIpc) is 2.65. The van der Waals surface area contributed by atoms with Crippen LogP contribution >= 0.6 is 0 Å². The molecule has 134 valence electrons. The Hall–Kier alpha value is -3.65. The molecule has 0 saturated carbocycles. The van der Waals surface area contributed by atoms with Crippen LogP contribution in [0.3, 0.4) is 0 Å². The summed E-state index contributed by atoms with van der Waals surface area (Å²) in [5.41, 5.74) is 5.85. The summed E-state index contributed by atoms with van der Waals surface area (Å²) in [7, 11) is 0. The predicted octanol–water partition coefficient (Wildman–Crippen LogP) is 4.87. The van der Waals surface area contributed by atoms with Gasteiger partial charge in [0.25, 0.3) is 5.91 Å². The summed E-state index contributed by atoms with van der Waals surface area (Å²) in [6, 6.07) is 16.7. The fraction of sp³-hybridized carbons (Fsp3) is 0.136. The van der Waals surface area contributed by atoms with E-state index in [1.54, 1.807) is 36.4 Å². The first-order valence-electron chi connectivity index (χ1n) is 8.59. The third-order valence-electron chi connectivity index (χ3n) is 4.25. The second-order valence-electron chi connectivity index (χ2n) is 6.44. The van der Waals surface area contributed by atoms with Crippen LogP contribution in [0.25, 0.3) is 0 Å². The van der Waals surface area contributed by atoms with Crippen LogP contribution in [0, 0.1) is 32.1 Å². The number of pyridine rings is 1. The molecule has 1 amide bonds. The van der Waals surface area contributed by atoms with Gasteiger partial charge in [-0.2, -0.15) is 5.26 Å². The summed E-state index contributed by atoms with van der Waals surface area (Å²) in [5, 5.41) is 15.2. The summed E-state index contributed by atoms with van der Waals surface area (Å²) in [6.45, 7) is 6.17. The van der Waals surface area contributed by atoms with Gasteiger partial charge in [-0.05, 0) is 56.2 Å². The molecule has 5 nitrogen and oxygen atoms in total. The molecule has 0 radical (unpaired) electrons. The van der Waals surface area contributed by atoms with Crippen molar-refractivity contribution in [1.29, 1.82) is 5.26 Å². The number of carbonyl (C=O) groups excluding carboxylic acids is 1. The molecular weight excluding hydrogens is 336 g/mol. The Kier molecular flexibility index (Phi) is 5.18. The van der Waals surface area contributed by atoms with Gasteiger partial charge in [-0.15, -0.1) is 0 Å². The highest BCUT2D eigenvalue weighted by atomic mass is 16.1. The van der Waals surface area contributed by atoms with E-state index in [0.717, 1.165) is 16.8 Å². The van der Waals surface area contributed by atoms with Gasteiger partial charge in [0.05, 0.1) is 16.8 Å². The third-order valence-corrected chi connectivity index (χ3v) is 4.25. The van der Waals surface area contributed by atoms with E-state index in [0.29, 0.717) is 22.6 Å². The third kappa shape index (κ3) is 4.13. The quantitative estimate of drug-likeness (QED) is 0.699. The molecule has 0 aliphatic heterocycles. The molecular formula is C22H20N4O. The normalized spacial score (nSPS) is 10.1. The molecule has 0 spiro atoms. The fourth-order valence-corrected chi connectivity index (χ4v) is 2.99. The van der Waals surface area contributed by atoms with Crippen LogP contribution in [0.2, 0.25) is 0 Å². The Bertz CT molecular complexity index is 1010. The van der Waals surface area contributed by atoms with Crippen molar-refractivity contribution >= 4 is 23.1 Å². The number of carbonyl (C=O) groups is 1. The standard InChI is InChI=1S/C22H20N4O/c1-14-10-15(2)21(16(3)11-14)26-20-9-8-18(13-24-20)22(27)25-19-7-5-4-6-17(19)12-23/h4-11,13H,1-3H3,(H,24,26)(H,25,27). The number of aryl methyl sites for hydroxylation is 3. The second kappa shape index (κ2) is 7.71. The molecule has 27 heavy (non-hydrogen) atoms. The summed E-state index contributed by atoms with van der Waals surface area (Å²) >= 11 is 0. The monoisotopic (exact) mass is 356 g/mol. The maximum Gasteiger partial charge on any atom is 0.257 e. The molecule has 2 N–H and O–H groups in total. The van der Waals surface area contributed by atoms with Crippen LogP contribution in [0.15, 0.2) is 54.7 Å². The van der Waals surface area contributed by atoms with Crippen molar-refractivity contribution in [2.45, 2.75) is 20.8 Å². The molecule has 0 aliphatic rings. The van der Waals surface area contributed by atoms with E-state index in [1.807, 2.05) is 0 Å². The van der Waals surface area contributed by atoms with Crippen LogP contribution in [0.4, 0.5) is 17.2 Å². The summed E-state index contributed by atoms with van der Waals surface area (Å²) < 4.78 is 0. The first kappa shape index (κ1) is 18.2. The van der Waals surface area contributed by atoms with Crippen molar-refractivity contribution in [2.75, 3.05) is 10.6 Å². The maximum absolute atomic E-state index is 12.4. The molecule has 0 atom stereocenters. The van der Waals surface area contributed by atoms with E-state index >= 15 is 0 Å². The van der Waals surface area contributed by atoms with Gasteiger partial charge in [-0.25, -0.2) is 4.98 Å². The highest BCUT2D eigenvalue weighted by molar-refractivity contribution is 6.04. The van der Waals surface area contributed by atoms with Crippen LogP contribution in [-0.4, -0.2) is 10.9 Å². The summed E-state index contributed by atoms with van der Waals surface area (Å²) in [4.78, 5) is 16.8. The van der Waals surface area contributed by atoms with Crippen molar-refractivity contribution in [3.8, 4) is 6.07 Å². The lowest BCUT2D eigenvalue weighted by Gasteiger charge is -2.13. The van der Waals surface area contributed by atoms with Crippen LogP contribution in [-0.2, 0) is 0 Å².